The summed E-state index contributed by atoms with van der Waals surface area (Å²) in [5, 5.41) is 20.5. The van der Waals surface area contributed by atoms with Crippen molar-refractivity contribution in [2.45, 2.75) is 42.6 Å². The summed E-state index contributed by atoms with van der Waals surface area (Å²) in [6, 6.07) is 21.5. The van der Waals surface area contributed by atoms with E-state index in [2.05, 4.69) is 0 Å². The van der Waals surface area contributed by atoms with Crippen LogP contribution in [0.15, 0.2) is 84.9 Å². The predicted molar refractivity (Wildman–Crippen MR) is 124 cm³/mol. The molecule has 1 heterocycles. The molecule has 4 rings (SSSR count). The molecule has 198 valence electrons. The Kier molecular flexibility index (Phi) is 7.04. The fourth-order valence-electron chi connectivity index (χ4n) is 4.93. The zero-order valence-corrected chi connectivity index (χ0v) is 19.7. The number of aliphatic hydroxyl groups is 2. The lowest BCUT2D eigenvalue weighted by atomic mass is 9.71. The van der Waals surface area contributed by atoms with E-state index in [1.807, 2.05) is 37.3 Å². The molecule has 1 fully saturated rings. The first-order chi connectivity index (χ1) is 17.3. The maximum atomic E-state index is 13.3. The summed E-state index contributed by atoms with van der Waals surface area (Å²) in [5.74, 6) is 0.00523. The van der Waals surface area contributed by atoms with Crippen molar-refractivity contribution in [1.82, 2.24) is 4.90 Å². The minimum Gasteiger partial charge on any atom is -0.451 e. The van der Waals surface area contributed by atoms with E-state index in [1.165, 1.54) is 0 Å². The molecule has 10 heteroatoms. The van der Waals surface area contributed by atoms with Crippen LogP contribution in [0.5, 0.6) is 5.75 Å². The van der Waals surface area contributed by atoms with Crippen LogP contribution >= 0.6 is 0 Å². The lowest BCUT2D eigenvalue weighted by molar-refractivity contribution is -0.376. The maximum absolute atomic E-state index is 13.3. The Balaban J connectivity index is 1.69. The molecule has 3 aromatic carbocycles. The third kappa shape index (κ3) is 4.93. The zero-order valence-electron chi connectivity index (χ0n) is 19.7. The van der Waals surface area contributed by atoms with Crippen LogP contribution in [0.3, 0.4) is 0 Å². The number of nitrogens with zero attached hydrogens (tertiary/aromatic N) is 1. The number of hydrogen-bond acceptors (Lipinski definition) is 4. The second kappa shape index (κ2) is 9.66. The topological polar surface area (TPSA) is 52.9 Å². The van der Waals surface area contributed by atoms with Gasteiger partial charge in [0.1, 0.15) is 5.75 Å². The lowest BCUT2D eigenvalue weighted by Gasteiger charge is -2.34. The number of hydrogen-bond donors (Lipinski definition) is 2. The Morgan fingerprint density at radius 2 is 1.35 bits per heavy atom. The van der Waals surface area contributed by atoms with Gasteiger partial charge in [0, 0.05) is 30.0 Å². The molecule has 0 saturated carbocycles. The van der Waals surface area contributed by atoms with Crippen LogP contribution < -0.4 is 4.74 Å². The van der Waals surface area contributed by atoms with Gasteiger partial charge in [-0.15, -0.1) is 0 Å². The SMILES string of the molecule is C[C@]1(c2ccccc2)CN(C(O)Oc2ccccc2)C[C@H]1c1ccc(C(O)(C(F)(F)F)C(F)(F)F)cc1. The van der Waals surface area contributed by atoms with Crippen molar-refractivity contribution in [3.63, 3.8) is 0 Å². The van der Waals surface area contributed by atoms with Crippen LogP contribution in [0.1, 0.15) is 29.5 Å². The molecule has 1 aliphatic heterocycles. The van der Waals surface area contributed by atoms with E-state index in [0.717, 1.165) is 17.7 Å². The lowest BCUT2D eigenvalue weighted by Crippen LogP contribution is -2.53. The van der Waals surface area contributed by atoms with Gasteiger partial charge >= 0.3 is 12.4 Å². The number of rotatable bonds is 6. The monoisotopic (exact) mass is 525 g/mol. The highest BCUT2D eigenvalue weighted by Crippen LogP contribution is 2.51. The Morgan fingerprint density at radius 1 is 0.838 bits per heavy atom. The highest BCUT2D eigenvalue weighted by molar-refractivity contribution is 5.39. The Labute approximate surface area is 209 Å². The van der Waals surface area contributed by atoms with Gasteiger partial charge in [-0.05, 0) is 23.3 Å². The summed E-state index contributed by atoms with van der Waals surface area (Å²) in [4.78, 5) is 1.65. The first-order valence-electron chi connectivity index (χ1n) is 11.4. The number of halogens is 6. The van der Waals surface area contributed by atoms with E-state index in [0.29, 0.717) is 30.0 Å². The molecular formula is C27H25F6NO3. The molecule has 1 aliphatic rings. The molecule has 3 atom stereocenters. The molecule has 37 heavy (non-hydrogen) atoms. The predicted octanol–water partition coefficient (Wildman–Crippen LogP) is 5.71. The first kappa shape index (κ1) is 27.0. The summed E-state index contributed by atoms with van der Waals surface area (Å²) in [6.45, 7) is 2.42. The van der Waals surface area contributed by atoms with Gasteiger partial charge in [-0.1, -0.05) is 79.7 Å². The van der Waals surface area contributed by atoms with Crippen molar-refractivity contribution >= 4 is 0 Å². The Hall–Kier alpha value is -3.08. The van der Waals surface area contributed by atoms with Crippen molar-refractivity contribution in [3.8, 4) is 5.75 Å². The molecule has 1 saturated heterocycles. The Bertz CT molecular complexity index is 1170. The molecule has 0 radical (unpaired) electrons. The minimum atomic E-state index is -5.96. The van der Waals surface area contributed by atoms with Crippen molar-refractivity contribution < 1.29 is 41.3 Å². The average Bonchev–Trinajstić information content (AvgIpc) is 3.22. The van der Waals surface area contributed by atoms with Crippen LogP contribution in [-0.2, 0) is 11.0 Å². The summed E-state index contributed by atoms with van der Waals surface area (Å²) >= 11 is 0. The van der Waals surface area contributed by atoms with Crippen molar-refractivity contribution in [1.29, 1.82) is 0 Å². The molecule has 0 spiro atoms. The molecule has 0 aromatic heterocycles. The van der Waals surface area contributed by atoms with Gasteiger partial charge in [0.05, 0.1) is 0 Å². The first-order valence-corrected chi connectivity index (χ1v) is 11.4. The molecule has 2 N–H and O–H groups in total. The van der Waals surface area contributed by atoms with E-state index in [1.54, 1.807) is 35.2 Å². The van der Waals surface area contributed by atoms with Crippen LogP contribution in [0.25, 0.3) is 0 Å². The third-order valence-electron chi connectivity index (χ3n) is 7.00. The fourth-order valence-corrected chi connectivity index (χ4v) is 4.93. The van der Waals surface area contributed by atoms with Crippen molar-refractivity contribution in [3.05, 3.63) is 102 Å². The maximum Gasteiger partial charge on any atom is 0.430 e. The van der Waals surface area contributed by atoms with E-state index in [-0.39, 0.29) is 6.54 Å². The number of ether oxygens (including phenoxy) is 1. The van der Waals surface area contributed by atoms with Gasteiger partial charge in [0.25, 0.3) is 12.0 Å². The number of benzene rings is 3. The quantitative estimate of drug-likeness (QED) is 0.320. The van der Waals surface area contributed by atoms with Gasteiger partial charge in [0.2, 0.25) is 0 Å². The smallest absolute Gasteiger partial charge is 0.430 e. The summed E-state index contributed by atoms with van der Waals surface area (Å²) in [7, 11) is 0. The highest BCUT2D eigenvalue weighted by atomic mass is 19.4. The molecule has 4 nitrogen and oxygen atoms in total. The molecular weight excluding hydrogens is 500 g/mol. The third-order valence-corrected chi connectivity index (χ3v) is 7.00. The summed E-state index contributed by atoms with van der Waals surface area (Å²) in [5.41, 5.74) is -5.66. The summed E-state index contributed by atoms with van der Waals surface area (Å²) < 4.78 is 85.6. The van der Waals surface area contributed by atoms with Crippen LogP contribution in [-0.4, -0.2) is 47.0 Å². The fraction of sp³-hybridized carbons (Fsp3) is 0.333. The normalized spacial score (nSPS) is 22.1. The minimum absolute atomic E-state index is 0.210. The van der Waals surface area contributed by atoms with E-state index in [9.17, 15) is 36.6 Å². The van der Waals surface area contributed by atoms with Gasteiger partial charge in [-0.3, -0.25) is 0 Å². The number of para-hydroxylation sites is 1. The van der Waals surface area contributed by atoms with Crippen molar-refractivity contribution in [2.75, 3.05) is 13.1 Å². The van der Waals surface area contributed by atoms with Crippen molar-refractivity contribution in [2.24, 2.45) is 0 Å². The number of alkyl halides is 6. The number of aliphatic hydroxyl groups excluding tert-OH is 1. The number of likely N-dealkylation sites (tertiary alicyclic amines) is 1. The van der Waals surface area contributed by atoms with Gasteiger partial charge in [-0.2, -0.15) is 26.3 Å². The molecule has 0 bridgehead atoms. The van der Waals surface area contributed by atoms with E-state index < -0.39 is 41.3 Å². The molecule has 3 aromatic rings. The Morgan fingerprint density at radius 3 is 1.86 bits per heavy atom. The standard InChI is InChI=1S/C27H25F6NO3/c1-24(19-8-4-2-5-9-19)17-34(23(35)37-21-10-6-3-7-11-21)16-22(24)18-12-14-20(15-13-18)25(36,26(28,29)30)27(31,32)33/h2-15,22-23,35-36H,16-17H2,1H3/t22-,23?,24+/m0/s1. The van der Waals surface area contributed by atoms with Crippen LogP contribution in [0.2, 0.25) is 0 Å². The largest absolute Gasteiger partial charge is 0.451 e. The van der Waals surface area contributed by atoms with Gasteiger partial charge in [0.15, 0.2) is 0 Å². The van der Waals surface area contributed by atoms with Gasteiger partial charge in [-0.25, -0.2) is 4.90 Å². The second-order valence-electron chi connectivity index (χ2n) is 9.35. The summed E-state index contributed by atoms with van der Waals surface area (Å²) in [6.07, 6.45) is -13.3. The molecule has 0 aliphatic carbocycles. The van der Waals surface area contributed by atoms with Gasteiger partial charge < -0.3 is 14.9 Å². The second-order valence-corrected chi connectivity index (χ2v) is 9.35. The highest BCUT2D eigenvalue weighted by Gasteiger charge is 2.71. The van der Waals surface area contributed by atoms with E-state index >= 15 is 0 Å². The van der Waals surface area contributed by atoms with Crippen LogP contribution in [0.4, 0.5) is 26.3 Å². The molecule has 1 unspecified atom stereocenters. The molecule has 0 amide bonds. The van der Waals surface area contributed by atoms with E-state index in [4.69, 9.17) is 4.74 Å². The zero-order chi connectivity index (χ0) is 27.1. The van der Waals surface area contributed by atoms with Crippen LogP contribution in [0, 0.1) is 0 Å². The average molecular weight is 525 g/mol.